The number of halogens is 3. The van der Waals surface area contributed by atoms with Crippen LogP contribution in [0.1, 0.15) is 36.8 Å². The molecule has 4 aromatic rings. The van der Waals surface area contributed by atoms with E-state index in [9.17, 15) is 13.2 Å². The number of anilines is 2. The van der Waals surface area contributed by atoms with Gasteiger partial charge in [0.2, 0.25) is 5.95 Å². The zero-order valence-corrected chi connectivity index (χ0v) is 22.3. The Morgan fingerprint density at radius 3 is 2.26 bits per heavy atom. The van der Waals surface area contributed by atoms with Gasteiger partial charge in [-0.15, -0.1) is 0 Å². The first kappa shape index (κ1) is 26.9. The summed E-state index contributed by atoms with van der Waals surface area (Å²) in [6, 6.07) is 21.7. The van der Waals surface area contributed by atoms with Crippen LogP contribution in [0.15, 0.2) is 72.8 Å². The van der Waals surface area contributed by atoms with Gasteiger partial charge in [0, 0.05) is 32.1 Å². The van der Waals surface area contributed by atoms with Crippen molar-refractivity contribution >= 4 is 22.7 Å². The lowest BCUT2D eigenvalue weighted by molar-refractivity contribution is -0.137. The molecule has 5 nitrogen and oxygen atoms in total. The summed E-state index contributed by atoms with van der Waals surface area (Å²) in [6.45, 7) is 1.58. The van der Waals surface area contributed by atoms with Crippen LogP contribution in [-0.2, 0) is 12.7 Å². The molecule has 1 aliphatic carbocycles. The smallest absolute Gasteiger partial charge is 0.362 e. The number of rotatable bonds is 8. The summed E-state index contributed by atoms with van der Waals surface area (Å²) in [7, 11) is 4.00. The average molecular weight is 534 g/mol. The van der Waals surface area contributed by atoms with Gasteiger partial charge in [-0.3, -0.25) is 0 Å². The van der Waals surface area contributed by atoms with E-state index in [2.05, 4.69) is 16.7 Å². The first-order valence-electron chi connectivity index (χ1n) is 13.4. The third-order valence-electron chi connectivity index (χ3n) is 7.48. The van der Waals surface area contributed by atoms with Crippen molar-refractivity contribution in [2.24, 2.45) is 5.92 Å². The molecule has 0 aliphatic heterocycles. The molecule has 0 atom stereocenters. The second kappa shape index (κ2) is 11.6. The maximum absolute atomic E-state index is 13.0. The second-order valence-electron chi connectivity index (χ2n) is 10.5. The highest BCUT2D eigenvalue weighted by atomic mass is 19.4. The number of aromatic nitrogens is 2. The van der Waals surface area contributed by atoms with E-state index in [0.717, 1.165) is 77.8 Å². The van der Waals surface area contributed by atoms with Crippen LogP contribution in [0.4, 0.5) is 24.9 Å². The zero-order valence-electron chi connectivity index (χ0n) is 22.3. The van der Waals surface area contributed by atoms with Gasteiger partial charge < -0.3 is 15.5 Å². The van der Waals surface area contributed by atoms with E-state index in [0.29, 0.717) is 24.5 Å². The fraction of sp³-hybridized carbons (Fsp3) is 0.355. The number of fused-ring (bicyclic) bond motifs is 1. The third kappa shape index (κ3) is 6.50. The molecule has 1 fully saturated rings. The van der Waals surface area contributed by atoms with Crippen LogP contribution >= 0.6 is 0 Å². The van der Waals surface area contributed by atoms with Crippen molar-refractivity contribution < 1.29 is 13.2 Å². The summed E-state index contributed by atoms with van der Waals surface area (Å²) < 4.78 is 38.9. The monoisotopic (exact) mass is 533 g/mol. The molecule has 0 amide bonds. The van der Waals surface area contributed by atoms with Crippen molar-refractivity contribution in [2.45, 2.75) is 44.4 Å². The predicted molar refractivity (Wildman–Crippen MR) is 152 cm³/mol. The predicted octanol–water partition coefficient (Wildman–Crippen LogP) is 7.14. The van der Waals surface area contributed by atoms with E-state index in [1.54, 1.807) is 12.1 Å². The van der Waals surface area contributed by atoms with Crippen molar-refractivity contribution in [3.63, 3.8) is 0 Å². The van der Waals surface area contributed by atoms with Crippen molar-refractivity contribution in [1.82, 2.24) is 15.3 Å². The molecule has 0 bridgehead atoms. The van der Waals surface area contributed by atoms with Gasteiger partial charge in [0.15, 0.2) is 0 Å². The number of hydrogen-bond acceptors (Lipinski definition) is 5. The maximum atomic E-state index is 13.0. The Labute approximate surface area is 227 Å². The molecular weight excluding hydrogens is 499 g/mol. The van der Waals surface area contributed by atoms with E-state index in [4.69, 9.17) is 9.97 Å². The largest absolute Gasteiger partial charge is 0.416 e. The molecule has 0 radical (unpaired) electrons. The summed E-state index contributed by atoms with van der Waals surface area (Å²) >= 11 is 0. The van der Waals surface area contributed by atoms with Crippen LogP contribution in [0.25, 0.3) is 22.0 Å². The van der Waals surface area contributed by atoms with Crippen LogP contribution in [0.5, 0.6) is 0 Å². The summed E-state index contributed by atoms with van der Waals surface area (Å²) in [6.07, 6.45) is 0.00834. The molecule has 3 aromatic carbocycles. The molecule has 5 rings (SSSR count). The van der Waals surface area contributed by atoms with Gasteiger partial charge in [-0.25, -0.2) is 4.98 Å². The lowest BCUT2D eigenvalue weighted by Crippen LogP contribution is -2.31. The minimum absolute atomic E-state index is 0.345. The quantitative estimate of drug-likeness (QED) is 0.252. The summed E-state index contributed by atoms with van der Waals surface area (Å²) in [5.41, 5.74) is 3.14. The van der Waals surface area contributed by atoms with Gasteiger partial charge in [0.05, 0.1) is 11.1 Å². The summed E-state index contributed by atoms with van der Waals surface area (Å²) in [5.74, 6) is 2.17. The van der Waals surface area contributed by atoms with E-state index < -0.39 is 11.7 Å². The normalized spacial score (nSPS) is 17.8. The lowest BCUT2D eigenvalue weighted by atomic mass is 9.86. The van der Waals surface area contributed by atoms with Gasteiger partial charge in [0.25, 0.3) is 0 Å². The highest BCUT2D eigenvalue weighted by Gasteiger charge is 2.30. The minimum atomic E-state index is -4.33. The number of hydrogen-bond donors (Lipinski definition) is 2. The van der Waals surface area contributed by atoms with E-state index >= 15 is 0 Å². The average Bonchev–Trinajstić information content (AvgIpc) is 2.93. The summed E-state index contributed by atoms with van der Waals surface area (Å²) in [5, 5.41) is 8.21. The topological polar surface area (TPSA) is 53.1 Å². The molecule has 1 saturated carbocycles. The number of nitrogens with one attached hydrogen (secondary N) is 2. The van der Waals surface area contributed by atoms with Crippen molar-refractivity contribution in [3.05, 3.63) is 83.9 Å². The third-order valence-corrected chi connectivity index (χ3v) is 7.48. The molecule has 1 aliphatic rings. The van der Waals surface area contributed by atoms with Crippen molar-refractivity contribution in [2.75, 3.05) is 30.9 Å². The molecule has 0 spiro atoms. The van der Waals surface area contributed by atoms with E-state index in [-0.39, 0.29) is 0 Å². The van der Waals surface area contributed by atoms with Crippen LogP contribution in [0.3, 0.4) is 0 Å². The van der Waals surface area contributed by atoms with E-state index in [1.807, 2.05) is 61.5 Å². The maximum Gasteiger partial charge on any atom is 0.416 e. The highest BCUT2D eigenvalue weighted by Crippen LogP contribution is 2.32. The molecule has 2 N–H and O–H groups in total. The van der Waals surface area contributed by atoms with Crippen LogP contribution in [0, 0.1) is 5.92 Å². The van der Waals surface area contributed by atoms with Gasteiger partial charge in [0.1, 0.15) is 5.82 Å². The summed E-state index contributed by atoms with van der Waals surface area (Å²) in [4.78, 5) is 11.6. The SMILES string of the molecule is CN(C)c1nc(NC2CCC(CNCc3ccccc3-c3ccc(C(F)(F)F)cc3)CC2)nc2ccccc12. The van der Waals surface area contributed by atoms with Crippen molar-refractivity contribution in [1.29, 1.82) is 0 Å². The van der Waals surface area contributed by atoms with Gasteiger partial charge in [-0.2, -0.15) is 18.2 Å². The highest BCUT2D eigenvalue weighted by molar-refractivity contribution is 5.90. The zero-order chi connectivity index (χ0) is 27.4. The fourth-order valence-corrected chi connectivity index (χ4v) is 5.36. The molecule has 1 aromatic heterocycles. The van der Waals surface area contributed by atoms with Crippen LogP contribution < -0.4 is 15.5 Å². The Bertz CT molecular complexity index is 1390. The molecule has 1 heterocycles. The Morgan fingerprint density at radius 2 is 1.54 bits per heavy atom. The molecule has 8 heteroatoms. The molecular formula is C31H34F3N5. The number of benzene rings is 3. The van der Waals surface area contributed by atoms with Crippen molar-refractivity contribution in [3.8, 4) is 11.1 Å². The molecule has 204 valence electrons. The fourth-order valence-electron chi connectivity index (χ4n) is 5.36. The Morgan fingerprint density at radius 1 is 0.846 bits per heavy atom. The first-order valence-corrected chi connectivity index (χ1v) is 13.4. The number of alkyl halides is 3. The van der Waals surface area contributed by atoms with E-state index in [1.165, 1.54) is 0 Å². The lowest BCUT2D eigenvalue weighted by Gasteiger charge is -2.29. The van der Waals surface area contributed by atoms with Gasteiger partial charge in [-0.1, -0.05) is 48.5 Å². The van der Waals surface area contributed by atoms with Gasteiger partial charge >= 0.3 is 6.18 Å². The van der Waals surface area contributed by atoms with Gasteiger partial charge in [-0.05, 0) is 79.1 Å². The minimum Gasteiger partial charge on any atom is -0.362 e. The molecule has 0 unspecified atom stereocenters. The Kier molecular flexibility index (Phi) is 8.02. The van der Waals surface area contributed by atoms with Crippen LogP contribution in [0.2, 0.25) is 0 Å². The second-order valence-corrected chi connectivity index (χ2v) is 10.5. The number of nitrogens with zero attached hydrogens (tertiary/aromatic N) is 3. The first-order chi connectivity index (χ1) is 18.8. The molecule has 0 saturated heterocycles. The Hall–Kier alpha value is -3.65. The Balaban J connectivity index is 1.14. The molecule has 39 heavy (non-hydrogen) atoms. The standard InChI is InChI=1S/C31H34F3N5/c1-39(2)29-27-9-5-6-10-28(27)37-30(38-29)36-25-17-11-21(12-18-25)19-35-20-23-7-3-4-8-26(23)22-13-15-24(16-14-22)31(32,33)34/h3-10,13-16,21,25,35H,11-12,17-20H2,1-2H3,(H,36,37,38). The van der Waals surface area contributed by atoms with Crippen LogP contribution in [-0.4, -0.2) is 36.6 Å². The number of para-hydroxylation sites is 1.